The largest absolute Gasteiger partial charge is 1.00 e. The van der Waals surface area contributed by atoms with Gasteiger partial charge < -0.3 is 17.0 Å². The first-order valence-corrected chi connectivity index (χ1v) is 7.05. The fourth-order valence-electron chi connectivity index (χ4n) is 2.12. The first-order chi connectivity index (χ1) is 9.24. The molecule has 0 saturated carbocycles. The molecule has 102 valence electrons. The minimum absolute atomic E-state index is 0. The molecule has 4 heteroatoms. The molecule has 0 radical (unpaired) electrons. The molecule has 3 aromatic rings. The van der Waals surface area contributed by atoms with Gasteiger partial charge in [-0.15, -0.1) is 11.3 Å². The Morgan fingerprint density at radius 3 is 2.65 bits per heavy atom. The Bertz CT molecular complexity index is 708. The first kappa shape index (κ1) is 14.9. The second-order valence-corrected chi connectivity index (χ2v) is 5.46. The van der Waals surface area contributed by atoms with Gasteiger partial charge >= 0.3 is 0 Å². The molecule has 2 aromatic heterocycles. The van der Waals surface area contributed by atoms with E-state index < -0.39 is 0 Å². The molecule has 0 bridgehead atoms. The molecular formula is C16H14BrN2S-. The van der Waals surface area contributed by atoms with Gasteiger partial charge in [0.2, 0.25) is 0 Å². The summed E-state index contributed by atoms with van der Waals surface area (Å²) < 4.78 is 0. The van der Waals surface area contributed by atoms with Gasteiger partial charge in [0.25, 0.3) is 0 Å². The predicted molar refractivity (Wildman–Crippen MR) is 80.3 cm³/mol. The third-order valence-electron chi connectivity index (χ3n) is 3.07. The number of thiazole rings is 1. The Labute approximate surface area is 133 Å². The third-order valence-corrected chi connectivity index (χ3v) is 3.96. The third kappa shape index (κ3) is 2.97. The molecule has 3 rings (SSSR count). The molecule has 0 aliphatic carbocycles. The molecule has 20 heavy (non-hydrogen) atoms. The maximum absolute atomic E-state index is 4.72. The monoisotopic (exact) mass is 345 g/mol. The summed E-state index contributed by atoms with van der Waals surface area (Å²) in [6.45, 7) is 4.24. The molecule has 0 saturated heterocycles. The Morgan fingerprint density at radius 2 is 1.95 bits per heavy atom. The lowest BCUT2D eigenvalue weighted by atomic mass is 10.0. The van der Waals surface area contributed by atoms with E-state index >= 15 is 0 Å². The fourth-order valence-corrected chi connectivity index (χ4v) is 2.93. The Hall–Kier alpha value is -1.52. The second kappa shape index (κ2) is 6.29. The van der Waals surface area contributed by atoms with E-state index in [1.807, 2.05) is 18.3 Å². The molecule has 0 N–H and O–H groups in total. The molecule has 0 fully saturated rings. The number of benzene rings is 1. The van der Waals surface area contributed by atoms with Crippen LogP contribution in [0.15, 0.2) is 48.1 Å². The van der Waals surface area contributed by atoms with Gasteiger partial charge in [-0.3, -0.25) is 4.98 Å². The van der Waals surface area contributed by atoms with Crippen molar-refractivity contribution in [3.63, 3.8) is 0 Å². The number of aryl methyl sites for hydroxylation is 2. The number of hydrogen-bond acceptors (Lipinski definition) is 3. The van der Waals surface area contributed by atoms with Gasteiger partial charge in [0.1, 0.15) is 5.01 Å². The Kier molecular flexibility index (Phi) is 4.68. The van der Waals surface area contributed by atoms with Gasteiger partial charge in [0.15, 0.2) is 0 Å². The lowest BCUT2D eigenvalue weighted by Gasteiger charge is -2.03. The number of rotatable bonds is 2. The van der Waals surface area contributed by atoms with Crippen molar-refractivity contribution in [1.29, 1.82) is 0 Å². The van der Waals surface area contributed by atoms with Gasteiger partial charge in [-0.25, -0.2) is 4.98 Å². The van der Waals surface area contributed by atoms with Crippen LogP contribution >= 0.6 is 11.3 Å². The van der Waals surface area contributed by atoms with Crippen LogP contribution in [0.3, 0.4) is 0 Å². The summed E-state index contributed by atoms with van der Waals surface area (Å²) in [7, 11) is 0. The van der Waals surface area contributed by atoms with Crippen molar-refractivity contribution in [2.45, 2.75) is 13.8 Å². The highest BCUT2D eigenvalue weighted by Gasteiger charge is 2.08. The fraction of sp³-hybridized carbons (Fsp3) is 0.125. The van der Waals surface area contributed by atoms with Crippen molar-refractivity contribution in [3.05, 3.63) is 59.2 Å². The molecule has 1 aromatic carbocycles. The van der Waals surface area contributed by atoms with Crippen LogP contribution in [0.5, 0.6) is 0 Å². The summed E-state index contributed by atoms with van der Waals surface area (Å²) in [5.74, 6) is 0. The maximum Gasteiger partial charge on any atom is 0.125 e. The molecule has 0 spiro atoms. The van der Waals surface area contributed by atoms with Crippen molar-refractivity contribution < 1.29 is 17.0 Å². The van der Waals surface area contributed by atoms with Crippen molar-refractivity contribution in [2.75, 3.05) is 0 Å². The lowest BCUT2D eigenvalue weighted by molar-refractivity contribution is -0.00000393. The second-order valence-electron chi connectivity index (χ2n) is 4.60. The minimum atomic E-state index is 0. The van der Waals surface area contributed by atoms with Crippen LogP contribution in [0, 0.1) is 13.8 Å². The lowest BCUT2D eigenvalue weighted by Crippen LogP contribution is -3.00. The van der Waals surface area contributed by atoms with Gasteiger partial charge in [-0.1, -0.05) is 23.8 Å². The Balaban J connectivity index is 0.00000147. The summed E-state index contributed by atoms with van der Waals surface area (Å²) in [4.78, 5) is 8.86. The zero-order chi connectivity index (χ0) is 13.2. The number of halogens is 1. The predicted octanol–water partition coefficient (Wildman–Crippen LogP) is 1.49. The van der Waals surface area contributed by atoms with Crippen molar-refractivity contribution in [1.82, 2.24) is 9.97 Å². The summed E-state index contributed by atoms with van der Waals surface area (Å²) in [5.41, 5.74) is 5.87. The highest BCUT2D eigenvalue weighted by Crippen LogP contribution is 2.30. The van der Waals surface area contributed by atoms with Crippen LogP contribution < -0.4 is 17.0 Å². The molecule has 2 nitrogen and oxygen atoms in total. The van der Waals surface area contributed by atoms with E-state index in [9.17, 15) is 0 Å². The highest BCUT2D eigenvalue weighted by molar-refractivity contribution is 7.13. The zero-order valence-corrected chi connectivity index (χ0v) is 13.7. The van der Waals surface area contributed by atoms with E-state index in [4.69, 9.17) is 4.98 Å². The number of pyridine rings is 1. The quantitative estimate of drug-likeness (QED) is 0.703. The molecule has 0 atom stereocenters. The van der Waals surface area contributed by atoms with E-state index in [2.05, 4.69) is 42.4 Å². The van der Waals surface area contributed by atoms with Crippen molar-refractivity contribution >= 4 is 11.3 Å². The number of aromatic nitrogens is 2. The molecular weight excluding hydrogens is 332 g/mol. The average molecular weight is 346 g/mol. The SMILES string of the molecule is Cc1ccc(-c2csc(-c3cccnc3)n2)c(C)c1.[Br-]. The van der Waals surface area contributed by atoms with E-state index in [1.165, 1.54) is 16.7 Å². The number of nitrogens with zero attached hydrogens (tertiary/aromatic N) is 2. The zero-order valence-electron chi connectivity index (χ0n) is 11.3. The first-order valence-electron chi connectivity index (χ1n) is 6.17. The molecule has 2 heterocycles. The van der Waals surface area contributed by atoms with E-state index in [1.54, 1.807) is 17.5 Å². The highest BCUT2D eigenvalue weighted by atomic mass is 79.9. The van der Waals surface area contributed by atoms with Gasteiger partial charge in [0, 0.05) is 28.9 Å². The topological polar surface area (TPSA) is 25.8 Å². The van der Waals surface area contributed by atoms with Crippen LogP contribution in [0.25, 0.3) is 21.8 Å². The van der Waals surface area contributed by atoms with Crippen molar-refractivity contribution in [2.24, 2.45) is 0 Å². The molecule has 0 unspecified atom stereocenters. The summed E-state index contributed by atoms with van der Waals surface area (Å²) in [6, 6.07) is 10.4. The smallest absolute Gasteiger partial charge is 0.125 e. The van der Waals surface area contributed by atoms with Crippen LogP contribution in [0.1, 0.15) is 11.1 Å². The van der Waals surface area contributed by atoms with Crippen molar-refractivity contribution in [3.8, 4) is 21.8 Å². The van der Waals surface area contributed by atoms with E-state index in [0.29, 0.717) is 0 Å². The minimum Gasteiger partial charge on any atom is -1.00 e. The van der Waals surface area contributed by atoms with E-state index in [-0.39, 0.29) is 17.0 Å². The summed E-state index contributed by atoms with van der Waals surface area (Å²) in [5, 5.41) is 3.13. The van der Waals surface area contributed by atoms with Crippen LogP contribution in [0.2, 0.25) is 0 Å². The Morgan fingerprint density at radius 1 is 1.10 bits per heavy atom. The van der Waals surface area contributed by atoms with Crippen LogP contribution in [-0.2, 0) is 0 Å². The molecule has 0 aliphatic rings. The average Bonchev–Trinajstić information content (AvgIpc) is 2.89. The van der Waals surface area contributed by atoms with Gasteiger partial charge in [-0.2, -0.15) is 0 Å². The van der Waals surface area contributed by atoms with Crippen LogP contribution in [0.4, 0.5) is 0 Å². The normalized spacial score (nSPS) is 10.1. The van der Waals surface area contributed by atoms with Gasteiger partial charge in [-0.05, 0) is 31.5 Å². The summed E-state index contributed by atoms with van der Waals surface area (Å²) in [6.07, 6.45) is 3.63. The van der Waals surface area contributed by atoms with E-state index in [0.717, 1.165) is 16.3 Å². The maximum atomic E-state index is 4.72. The molecule has 0 aliphatic heterocycles. The number of hydrogen-bond donors (Lipinski definition) is 0. The van der Waals surface area contributed by atoms with Gasteiger partial charge in [0.05, 0.1) is 5.69 Å². The summed E-state index contributed by atoms with van der Waals surface area (Å²) >= 11 is 1.66. The standard InChI is InChI=1S/C16H14N2S.BrH/c1-11-5-6-14(12(2)8-11)15-10-19-16(18-15)13-4-3-7-17-9-13;/h3-10H,1-2H3;1H/p-1. The van der Waals surface area contributed by atoms with Crippen LogP contribution in [-0.4, -0.2) is 9.97 Å². The molecule has 0 amide bonds.